The lowest BCUT2D eigenvalue weighted by Crippen LogP contribution is -2.22. The molecule has 4 nitrogen and oxygen atoms in total. The molecule has 0 aliphatic carbocycles. The number of amides is 1. The Morgan fingerprint density at radius 3 is 2.38 bits per heavy atom. The molecule has 0 atom stereocenters. The molecule has 0 radical (unpaired) electrons. The van der Waals surface area contributed by atoms with E-state index in [4.69, 9.17) is 5.73 Å². The number of benzene rings is 2. The second kappa shape index (κ2) is 9.96. The van der Waals surface area contributed by atoms with E-state index in [0.29, 0.717) is 12.1 Å². The predicted octanol–water partition coefficient (Wildman–Crippen LogP) is 3.71. The zero-order valence-electron chi connectivity index (χ0n) is 14.3. The molecule has 2 rings (SSSR count). The molecule has 0 bridgehead atoms. The number of anilines is 2. The van der Waals surface area contributed by atoms with Gasteiger partial charge in [0.1, 0.15) is 0 Å². The minimum atomic E-state index is -0.0319. The normalized spacial score (nSPS) is 10.3. The number of nitrogens with zero attached hydrogens (tertiary/aromatic N) is 1. The molecule has 0 fully saturated rings. The Labute approximate surface area is 150 Å². The van der Waals surface area contributed by atoms with Crippen molar-refractivity contribution in [1.82, 2.24) is 4.90 Å². The lowest BCUT2D eigenvalue weighted by molar-refractivity contribution is -0.115. The number of hydrogen-bond acceptors (Lipinski definition) is 3. The minimum Gasteiger partial charge on any atom is -0.399 e. The molecule has 5 heteroatoms. The molecule has 0 unspecified atom stereocenters. The zero-order valence-corrected chi connectivity index (χ0v) is 15.1. The van der Waals surface area contributed by atoms with Gasteiger partial charge in [-0.05, 0) is 48.5 Å². The largest absolute Gasteiger partial charge is 0.399 e. The summed E-state index contributed by atoms with van der Waals surface area (Å²) in [5.74, 6) is -0.0319. The fourth-order valence-electron chi connectivity index (χ4n) is 2.55. The van der Waals surface area contributed by atoms with Gasteiger partial charge in [-0.2, -0.15) is 0 Å². The molecule has 0 heterocycles. The summed E-state index contributed by atoms with van der Waals surface area (Å²) < 4.78 is 0. The Morgan fingerprint density at radius 1 is 1.04 bits per heavy atom. The predicted molar refractivity (Wildman–Crippen MR) is 104 cm³/mol. The van der Waals surface area contributed by atoms with Gasteiger partial charge in [-0.15, -0.1) is 12.4 Å². The van der Waals surface area contributed by atoms with E-state index in [-0.39, 0.29) is 18.3 Å². The maximum Gasteiger partial charge on any atom is 0.228 e. The highest BCUT2D eigenvalue weighted by molar-refractivity contribution is 5.92. The van der Waals surface area contributed by atoms with E-state index in [1.165, 1.54) is 5.56 Å². The second-order valence-corrected chi connectivity index (χ2v) is 5.63. The maximum atomic E-state index is 12.2. The third-order valence-electron chi connectivity index (χ3n) is 3.83. The molecule has 0 saturated heterocycles. The van der Waals surface area contributed by atoms with Crippen molar-refractivity contribution < 1.29 is 4.79 Å². The van der Waals surface area contributed by atoms with Gasteiger partial charge in [0.15, 0.2) is 0 Å². The number of halogens is 1. The summed E-state index contributed by atoms with van der Waals surface area (Å²) in [6, 6.07) is 15.4. The summed E-state index contributed by atoms with van der Waals surface area (Å²) >= 11 is 0. The average Bonchev–Trinajstić information content (AvgIpc) is 2.53. The lowest BCUT2D eigenvalue weighted by atomic mass is 10.1. The van der Waals surface area contributed by atoms with Gasteiger partial charge in [0.25, 0.3) is 0 Å². The van der Waals surface area contributed by atoms with E-state index < -0.39 is 0 Å². The molecule has 0 aromatic heterocycles. The Morgan fingerprint density at radius 2 is 1.71 bits per heavy atom. The number of hydrogen-bond donors (Lipinski definition) is 2. The first-order valence-corrected chi connectivity index (χ1v) is 8.06. The molecule has 0 spiro atoms. The fraction of sp³-hybridized carbons (Fsp3) is 0.316. The van der Waals surface area contributed by atoms with Crippen LogP contribution in [0.15, 0.2) is 48.5 Å². The van der Waals surface area contributed by atoms with Gasteiger partial charge in [-0.3, -0.25) is 9.69 Å². The Kier molecular flexibility index (Phi) is 8.30. The summed E-state index contributed by atoms with van der Waals surface area (Å²) in [6.07, 6.45) is 0.325. The number of nitrogen functional groups attached to an aromatic ring is 1. The third kappa shape index (κ3) is 6.22. The number of carbonyl (C=O) groups excluding carboxylic acids is 1. The highest BCUT2D eigenvalue weighted by atomic mass is 35.5. The molecule has 2 aromatic carbocycles. The van der Waals surface area contributed by atoms with Crippen LogP contribution >= 0.6 is 12.4 Å². The van der Waals surface area contributed by atoms with E-state index >= 15 is 0 Å². The highest BCUT2D eigenvalue weighted by Crippen LogP contribution is 2.14. The first kappa shape index (κ1) is 20.0. The van der Waals surface area contributed by atoms with Crippen LogP contribution in [0.2, 0.25) is 0 Å². The first-order chi connectivity index (χ1) is 11.1. The van der Waals surface area contributed by atoms with Crippen molar-refractivity contribution in [3.8, 4) is 0 Å². The molecule has 3 N–H and O–H groups in total. The molecule has 24 heavy (non-hydrogen) atoms. The van der Waals surface area contributed by atoms with Gasteiger partial charge in [0, 0.05) is 17.9 Å². The third-order valence-corrected chi connectivity index (χ3v) is 3.83. The Bertz CT molecular complexity index is 657. The molecule has 0 saturated carbocycles. The van der Waals surface area contributed by atoms with Crippen LogP contribution in [0.5, 0.6) is 0 Å². The quantitative estimate of drug-likeness (QED) is 0.750. The molecular formula is C19H26ClN3O. The number of nitrogens with one attached hydrogen (secondary N) is 1. The van der Waals surface area contributed by atoms with Crippen LogP contribution in [-0.2, 0) is 17.8 Å². The Hall–Kier alpha value is -2.04. The Balaban J connectivity index is 0.00000288. The smallest absolute Gasteiger partial charge is 0.228 e. The van der Waals surface area contributed by atoms with Gasteiger partial charge in [0.2, 0.25) is 5.91 Å². The van der Waals surface area contributed by atoms with Crippen molar-refractivity contribution in [2.45, 2.75) is 26.8 Å². The van der Waals surface area contributed by atoms with Crippen LogP contribution in [0, 0.1) is 0 Å². The van der Waals surface area contributed by atoms with Crippen molar-refractivity contribution in [2.24, 2.45) is 0 Å². The van der Waals surface area contributed by atoms with Gasteiger partial charge in [-0.1, -0.05) is 38.1 Å². The molecular weight excluding hydrogens is 322 g/mol. The number of carbonyl (C=O) groups is 1. The topological polar surface area (TPSA) is 58.4 Å². The van der Waals surface area contributed by atoms with Crippen molar-refractivity contribution in [3.05, 3.63) is 59.7 Å². The van der Waals surface area contributed by atoms with Crippen LogP contribution in [0.25, 0.3) is 0 Å². The number of rotatable bonds is 7. The van der Waals surface area contributed by atoms with E-state index in [1.807, 2.05) is 42.5 Å². The van der Waals surface area contributed by atoms with Crippen molar-refractivity contribution in [1.29, 1.82) is 0 Å². The van der Waals surface area contributed by atoms with E-state index in [9.17, 15) is 4.79 Å². The molecule has 1 amide bonds. The summed E-state index contributed by atoms with van der Waals surface area (Å²) in [6.45, 7) is 7.23. The highest BCUT2D eigenvalue weighted by Gasteiger charge is 2.06. The summed E-state index contributed by atoms with van der Waals surface area (Å²) in [5, 5.41) is 2.96. The SMILES string of the molecule is CCN(CC)Cc1cccc(NC(=O)Cc2cccc(N)c2)c1.Cl. The molecule has 0 aliphatic heterocycles. The van der Waals surface area contributed by atoms with Gasteiger partial charge in [0.05, 0.1) is 6.42 Å². The van der Waals surface area contributed by atoms with E-state index in [0.717, 1.165) is 30.9 Å². The van der Waals surface area contributed by atoms with Gasteiger partial charge in [-0.25, -0.2) is 0 Å². The van der Waals surface area contributed by atoms with Crippen LogP contribution in [0.1, 0.15) is 25.0 Å². The summed E-state index contributed by atoms with van der Waals surface area (Å²) in [4.78, 5) is 14.5. The maximum absolute atomic E-state index is 12.2. The molecule has 2 aromatic rings. The van der Waals surface area contributed by atoms with E-state index in [1.54, 1.807) is 0 Å². The fourth-order valence-corrected chi connectivity index (χ4v) is 2.55. The van der Waals surface area contributed by atoms with Crippen molar-refractivity contribution in [3.63, 3.8) is 0 Å². The van der Waals surface area contributed by atoms with Crippen LogP contribution in [0.4, 0.5) is 11.4 Å². The van der Waals surface area contributed by atoms with Crippen molar-refractivity contribution in [2.75, 3.05) is 24.1 Å². The van der Waals surface area contributed by atoms with Crippen LogP contribution in [0.3, 0.4) is 0 Å². The first-order valence-electron chi connectivity index (χ1n) is 8.06. The summed E-state index contributed by atoms with van der Waals surface area (Å²) in [7, 11) is 0. The van der Waals surface area contributed by atoms with Gasteiger partial charge >= 0.3 is 0 Å². The molecule has 0 aliphatic rings. The van der Waals surface area contributed by atoms with Crippen LogP contribution in [-0.4, -0.2) is 23.9 Å². The minimum absolute atomic E-state index is 0. The lowest BCUT2D eigenvalue weighted by Gasteiger charge is -2.18. The average molecular weight is 348 g/mol. The monoisotopic (exact) mass is 347 g/mol. The standard InChI is InChI=1S/C19H25N3O.ClH/c1-3-22(4-2)14-16-8-6-10-18(12-16)21-19(23)13-15-7-5-9-17(20)11-15;/h5-12H,3-4,13-14,20H2,1-2H3,(H,21,23);1H. The summed E-state index contributed by atoms with van der Waals surface area (Å²) in [5.41, 5.74) is 9.38. The number of nitrogens with two attached hydrogens (primary N) is 1. The molecule has 130 valence electrons. The van der Waals surface area contributed by atoms with Crippen LogP contribution < -0.4 is 11.1 Å². The van der Waals surface area contributed by atoms with Crippen molar-refractivity contribution >= 4 is 29.7 Å². The van der Waals surface area contributed by atoms with E-state index in [2.05, 4.69) is 30.1 Å². The zero-order chi connectivity index (χ0) is 16.7. The van der Waals surface area contributed by atoms with Gasteiger partial charge < -0.3 is 11.1 Å². The second-order valence-electron chi connectivity index (χ2n) is 5.63.